The summed E-state index contributed by atoms with van der Waals surface area (Å²) < 4.78 is 0. The highest BCUT2D eigenvalue weighted by Gasteiger charge is 2.14. The Hall–Kier alpha value is -1.84. The van der Waals surface area contributed by atoms with Crippen molar-refractivity contribution in [1.82, 2.24) is 10.2 Å². The van der Waals surface area contributed by atoms with E-state index in [1.807, 2.05) is 12.1 Å². The Labute approximate surface area is 108 Å². The maximum atomic E-state index is 12.0. The largest absolute Gasteiger partial charge is 0.358 e. The van der Waals surface area contributed by atoms with Gasteiger partial charge in [0.25, 0.3) is 5.91 Å². The number of nitrogens with one attached hydrogen (secondary N) is 1. The molecule has 0 aliphatic carbocycles. The van der Waals surface area contributed by atoms with Crippen molar-refractivity contribution in [2.75, 3.05) is 20.6 Å². The monoisotopic (exact) mass is 248 g/mol. The molecule has 0 saturated carbocycles. The number of nitrogens with zero attached hydrogens (tertiary/aromatic N) is 1. The second-order valence-corrected chi connectivity index (χ2v) is 4.61. The molecule has 0 spiro atoms. The Morgan fingerprint density at radius 3 is 2.22 bits per heavy atom. The normalized spacial score (nSPS) is 10.3. The highest BCUT2D eigenvalue weighted by Crippen LogP contribution is 2.15. The van der Waals surface area contributed by atoms with Gasteiger partial charge in [-0.05, 0) is 23.6 Å². The first kappa shape index (κ1) is 14.2. The molecule has 0 aromatic heterocycles. The molecule has 4 nitrogen and oxygen atoms in total. The highest BCUT2D eigenvalue weighted by atomic mass is 16.2. The van der Waals surface area contributed by atoms with Crippen LogP contribution in [-0.2, 0) is 4.79 Å². The summed E-state index contributed by atoms with van der Waals surface area (Å²) in [6.07, 6.45) is 0. The van der Waals surface area contributed by atoms with Gasteiger partial charge < -0.3 is 10.2 Å². The van der Waals surface area contributed by atoms with Crippen LogP contribution in [0, 0.1) is 0 Å². The van der Waals surface area contributed by atoms with Gasteiger partial charge in [-0.2, -0.15) is 0 Å². The van der Waals surface area contributed by atoms with Crippen molar-refractivity contribution < 1.29 is 9.59 Å². The van der Waals surface area contributed by atoms with Crippen molar-refractivity contribution in [1.29, 1.82) is 0 Å². The standard InChI is InChI=1S/C14H20N2O2/c1-10(2)11-5-7-12(8-6-11)14(18)16(4)9-13(17)15-3/h5-8,10H,9H2,1-4H3,(H,15,17). The number of benzene rings is 1. The van der Waals surface area contributed by atoms with Crippen molar-refractivity contribution >= 4 is 11.8 Å². The Kier molecular flexibility index (Phi) is 4.89. The molecule has 98 valence electrons. The lowest BCUT2D eigenvalue weighted by atomic mass is 10.0. The quantitative estimate of drug-likeness (QED) is 0.880. The van der Waals surface area contributed by atoms with E-state index in [4.69, 9.17) is 0 Å². The van der Waals surface area contributed by atoms with Gasteiger partial charge in [0.15, 0.2) is 0 Å². The summed E-state index contributed by atoms with van der Waals surface area (Å²) >= 11 is 0. The van der Waals surface area contributed by atoms with E-state index in [1.165, 1.54) is 10.5 Å². The van der Waals surface area contributed by atoms with E-state index >= 15 is 0 Å². The summed E-state index contributed by atoms with van der Waals surface area (Å²) in [4.78, 5) is 24.6. The maximum Gasteiger partial charge on any atom is 0.254 e. The minimum atomic E-state index is -0.176. The molecule has 0 fully saturated rings. The van der Waals surface area contributed by atoms with Gasteiger partial charge in [0.05, 0.1) is 6.54 Å². The van der Waals surface area contributed by atoms with Gasteiger partial charge in [-0.3, -0.25) is 9.59 Å². The van der Waals surface area contributed by atoms with Crippen LogP contribution in [0.5, 0.6) is 0 Å². The smallest absolute Gasteiger partial charge is 0.254 e. The zero-order chi connectivity index (χ0) is 13.7. The molecule has 0 saturated heterocycles. The molecule has 4 heteroatoms. The molecule has 0 unspecified atom stereocenters. The third-order valence-corrected chi connectivity index (χ3v) is 2.83. The van der Waals surface area contributed by atoms with Gasteiger partial charge in [0.2, 0.25) is 5.91 Å². The first-order chi connectivity index (χ1) is 8.45. The minimum absolute atomic E-state index is 0.0707. The molecule has 1 rings (SSSR count). The van der Waals surface area contributed by atoms with Gasteiger partial charge in [-0.1, -0.05) is 26.0 Å². The summed E-state index contributed by atoms with van der Waals surface area (Å²) in [5.41, 5.74) is 1.80. The van der Waals surface area contributed by atoms with Crippen LogP contribution in [0.2, 0.25) is 0 Å². The van der Waals surface area contributed by atoms with E-state index in [9.17, 15) is 9.59 Å². The lowest BCUT2D eigenvalue weighted by Crippen LogP contribution is -2.36. The minimum Gasteiger partial charge on any atom is -0.358 e. The van der Waals surface area contributed by atoms with Crippen molar-refractivity contribution in [3.63, 3.8) is 0 Å². The Balaban J connectivity index is 2.74. The van der Waals surface area contributed by atoms with Crippen molar-refractivity contribution in [2.45, 2.75) is 19.8 Å². The van der Waals surface area contributed by atoms with Crippen LogP contribution in [0.15, 0.2) is 24.3 Å². The zero-order valence-electron chi connectivity index (χ0n) is 11.4. The van der Waals surface area contributed by atoms with Crippen LogP contribution in [0.25, 0.3) is 0 Å². The van der Waals surface area contributed by atoms with Gasteiger partial charge in [-0.25, -0.2) is 0 Å². The predicted molar refractivity (Wildman–Crippen MR) is 71.6 cm³/mol. The van der Waals surface area contributed by atoms with Crippen molar-refractivity contribution in [2.24, 2.45) is 0 Å². The zero-order valence-corrected chi connectivity index (χ0v) is 11.4. The van der Waals surface area contributed by atoms with Crippen LogP contribution in [-0.4, -0.2) is 37.4 Å². The fourth-order valence-corrected chi connectivity index (χ4v) is 1.60. The van der Waals surface area contributed by atoms with E-state index in [2.05, 4.69) is 19.2 Å². The summed E-state index contributed by atoms with van der Waals surface area (Å²) in [5, 5.41) is 2.49. The van der Waals surface area contributed by atoms with Gasteiger partial charge >= 0.3 is 0 Å². The van der Waals surface area contributed by atoms with Crippen LogP contribution in [0.1, 0.15) is 35.7 Å². The topological polar surface area (TPSA) is 49.4 Å². The van der Waals surface area contributed by atoms with Crippen LogP contribution >= 0.6 is 0 Å². The summed E-state index contributed by atoms with van der Waals surface area (Å²) in [6.45, 7) is 4.28. The first-order valence-corrected chi connectivity index (χ1v) is 6.01. The van der Waals surface area contributed by atoms with Gasteiger partial charge in [0, 0.05) is 19.7 Å². The van der Waals surface area contributed by atoms with Gasteiger partial charge in [-0.15, -0.1) is 0 Å². The number of carbonyl (C=O) groups excluding carboxylic acids is 2. The molecular weight excluding hydrogens is 228 g/mol. The van der Waals surface area contributed by atoms with E-state index in [0.717, 1.165) is 0 Å². The number of amides is 2. The SMILES string of the molecule is CNC(=O)CN(C)C(=O)c1ccc(C(C)C)cc1. The van der Waals surface area contributed by atoms with Crippen molar-refractivity contribution in [3.8, 4) is 0 Å². The molecule has 1 aromatic rings. The molecule has 18 heavy (non-hydrogen) atoms. The molecule has 0 aliphatic heterocycles. The number of carbonyl (C=O) groups is 2. The first-order valence-electron chi connectivity index (χ1n) is 6.01. The predicted octanol–water partition coefficient (Wildman–Crippen LogP) is 1.63. The molecule has 0 bridgehead atoms. The molecule has 0 atom stereocenters. The fraction of sp³-hybridized carbons (Fsp3) is 0.429. The second-order valence-electron chi connectivity index (χ2n) is 4.61. The molecule has 0 aliphatic rings. The summed E-state index contributed by atoms with van der Waals surface area (Å²) in [5.74, 6) is 0.122. The Bertz CT molecular complexity index is 424. The summed E-state index contributed by atoms with van der Waals surface area (Å²) in [7, 11) is 3.17. The third-order valence-electron chi connectivity index (χ3n) is 2.83. The van der Waals surface area contributed by atoms with Crippen LogP contribution < -0.4 is 5.32 Å². The van der Waals surface area contributed by atoms with Crippen LogP contribution in [0.4, 0.5) is 0 Å². The average Bonchev–Trinajstić information content (AvgIpc) is 2.37. The van der Waals surface area contributed by atoms with E-state index < -0.39 is 0 Å². The van der Waals surface area contributed by atoms with E-state index in [-0.39, 0.29) is 18.4 Å². The number of rotatable bonds is 4. The average molecular weight is 248 g/mol. The Morgan fingerprint density at radius 2 is 1.78 bits per heavy atom. The second kappa shape index (κ2) is 6.19. The third kappa shape index (κ3) is 3.58. The molecule has 0 radical (unpaired) electrons. The number of hydrogen-bond acceptors (Lipinski definition) is 2. The molecule has 2 amide bonds. The van der Waals surface area contributed by atoms with Crippen LogP contribution in [0.3, 0.4) is 0 Å². The molecule has 0 heterocycles. The fourth-order valence-electron chi connectivity index (χ4n) is 1.60. The molecular formula is C14H20N2O2. The molecule has 1 N–H and O–H groups in total. The lowest BCUT2D eigenvalue weighted by Gasteiger charge is -2.16. The number of hydrogen-bond donors (Lipinski definition) is 1. The Morgan fingerprint density at radius 1 is 1.22 bits per heavy atom. The maximum absolute atomic E-state index is 12.0. The highest BCUT2D eigenvalue weighted by molar-refractivity contribution is 5.96. The lowest BCUT2D eigenvalue weighted by molar-refractivity contribution is -0.121. The molecule has 1 aromatic carbocycles. The van der Waals surface area contributed by atoms with E-state index in [1.54, 1.807) is 26.2 Å². The van der Waals surface area contributed by atoms with Crippen molar-refractivity contribution in [3.05, 3.63) is 35.4 Å². The van der Waals surface area contributed by atoms with Gasteiger partial charge in [0.1, 0.15) is 0 Å². The number of likely N-dealkylation sites (N-methyl/N-ethyl adjacent to an activating group) is 2. The van der Waals surface area contributed by atoms with E-state index in [0.29, 0.717) is 11.5 Å². The summed E-state index contributed by atoms with van der Waals surface area (Å²) in [6, 6.07) is 7.51.